The lowest BCUT2D eigenvalue weighted by atomic mass is 10.1. The molecule has 0 aromatic heterocycles. The maximum absolute atomic E-state index is 12.3. The van der Waals surface area contributed by atoms with Gasteiger partial charge in [0.05, 0.1) is 25.4 Å². The monoisotopic (exact) mass is 251 g/mol. The summed E-state index contributed by atoms with van der Waals surface area (Å²) in [6, 6.07) is 4.64. The molecule has 18 heavy (non-hydrogen) atoms. The van der Waals surface area contributed by atoms with Crippen LogP contribution in [0.3, 0.4) is 0 Å². The van der Waals surface area contributed by atoms with Crippen LogP contribution in [-0.4, -0.2) is 48.8 Å². The Kier molecular flexibility index (Phi) is 3.72. The van der Waals surface area contributed by atoms with Gasteiger partial charge in [-0.3, -0.25) is 4.79 Å². The summed E-state index contributed by atoms with van der Waals surface area (Å²) in [6.45, 7) is 3.53. The van der Waals surface area contributed by atoms with Gasteiger partial charge >= 0.3 is 0 Å². The van der Waals surface area contributed by atoms with E-state index in [2.05, 4.69) is 0 Å². The third kappa shape index (κ3) is 2.56. The number of nitrogens with zero attached hydrogens (tertiary/aromatic N) is 1. The molecule has 1 aromatic rings. The molecule has 0 bridgehead atoms. The van der Waals surface area contributed by atoms with Crippen molar-refractivity contribution in [3.63, 3.8) is 0 Å². The van der Waals surface area contributed by atoms with Crippen molar-refractivity contribution in [3.8, 4) is 11.5 Å². The minimum Gasteiger partial charge on any atom is -0.507 e. The third-order valence-corrected chi connectivity index (χ3v) is 2.96. The molecule has 5 nitrogen and oxygen atoms in total. The summed E-state index contributed by atoms with van der Waals surface area (Å²) in [5.74, 6) is 0.332. The van der Waals surface area contributed by atoms with Crippen LogP contribution in [0.15, 0.2) is 18.2 Å². The van der Waals surface area contributed by atoms with E-state index in [-0.39, 0.29) is 23.3 Å². The molecule has 1 saturated heterocycles. The molecule has 1 aliphatic rings. The second-order valence-corrected chi connectivity index (χ2v) is 4.32. The van der Waals surface area contributed by atoms with Gasteiger partial charge in [0.15, 0.2) is 0 Å². The highest BCUT2D eigenvalue weighted by atomic mass is 16.5. The van der Waals surface area contributed by atoms with Gasteiger partial charge in [0.2, 0.25) is 0 Å². The molecular formula is C13H17NO4. The Hall–Kier alpha value is -1.75. The molecule has 5 heteroatoms. The molecule has 1 heterocycles. The maximum atomic E-state index is 12.3. The summed E-state index contributed by atoms with van der Waals surface area (Å²) in [5.41, 5.74) is 0.267. The third-order valence-electron chi connectivity index (χ3n) is 2.96. The van der Waals surface area contributed by atoms with Gasteiger partial charge in [0.25, 0.3) is 5.91 Å². The van der Waals surface area contributed by atoms with Gasteiger partial charge in [-0.1, -0.05) is 0 Å². The smallest absolute Gasteiger partial charge is 0.257 e. The largest absolute Gasteiger partial charge is 0.507 e. The van der Waals surface area contributed by atoms with Crippen molar-refractivity contribution < 1.29 is 19.4 Å². The predicted molar refractivity (Wildman–Crippen MR) is 66.0 cm³/mol. The second kappa shape index (κ2) is 5.27. The number of phenols is 1. The van der Waals surface area contributed by atoms with Crippen LogP contribution >= 0.6 is 0 Å². The second-order valence-electron chi connectivity index (χ2n) is 4.32. The highest BCUT2D eigenvalue weighted by Crippen LogP contribution is 2.24. The number of carbonyl (C=O) groups is 1. The Morgan fingerprint density at radius 3 is 3.00 bits per heavy atom. The molecule has 0 saturated carbocycles. The number of phenolic OH excluding ortho intramolecular Hbond substituents is 1. The zero-order valence-electron chi connectivity index (χ0n) is 10.5. The van der Waals surface area contributed by atoms with Gasteiger partial charge in [-0.2, -0.15) is 0 Å². The highest BCUT2D eigenvalue weighted by molar-refractivity contribution is 5.97. The van der Waals surface area contributed by atoms with Crippen LogP contribution in [0.25, 0.3) is 0 Å². The molecule has 0 spiro atoms. The summed E-state index contributed by atoms with van der Waals surface area (Å²) in [5, 5.41) is 9.76. The van der Waals surface area contributed by atoms with Crippen LogP contribution in [0, 0.1) is 0 Å². The van der Waals surface area contributed by atoms with E-state index in [9.17, 15) is 9.90 Å². The lowest BCUT2D eigenvalue weighted by Gasteiger charge is -2.31. The molecule has 2 rings (SSSR count). The lowest BCUT2D eigenvalue weighted by Crippen LogP contribution is -2.44. The number of aromatic hydroxyl groups is 1. The zero-order chi connectivity index (χ0) is 13.1. The molecular weight excluding hydrogens is 234 g/mol. The standard InChI is InChI=1S/C13H17NO4/c1-9-8-14(5-6-18-9)13(16)11-7-10(17-2)3-4-12(11)15/h3-4,7,9,15H,5-6,8H2,1-2H3. The van der Waals surface area contributed by atoms with E-state index in [4.69, 9.17) is 9.47 Å². The van der Waals surface area contributed by atoms with Crippen molar-refractivity contribution in [3.05, 3.63) is 23.8 Å². The fraction of sp³-hybridized carbons (Fsp3) is 0.462. The number of hydrogen-bond acceptors (Lipinski definition) is 4. The fourth-order valence-corrected chi connectivity index (χ4v) is 1.99. The Morgan fingerprint density at radius 1 is 1.56 bits per heavy atom. The van der Waals surface area contributed by atoms with E-state index in [1.807, 2.05) is 6.92 Å². The van der Waals surface area contributed by atoms with Crippen molar-refractivity contribution in [1.82, 2.24) is 4.90 Å². The molecule has 1 N–H and O–H groups in total. The van der Waals surface area contributed by atoms with Crippen LogP contribution in [0.2, 0.25) is 0 Å². The van der Waals surface area contributed by atoms with E-state index in [1.165, 1.54) is 13.2 Å². The van der Waals surface area contributed by atoms with Gasteiger partial charge in [-0.05, 0) is 25.1 Å². The quantitative estimate of drug-likeness (QED) is 0.859. The summed E-state index contributed by atoms with van der Waals surface area (Å²) < 4.78 is 10.5. The highest BCUT2D eigenvalue weighted by Gasteiger charge is 2.24. The normalized spacial score (nSPS) is 19.7. The first-order chi connectivity index (χ1) is 8.61. The zero-order valence-corrected chi connectivity index (χ0v) is 10.5. The minimum absolute atomic E-state index is 0.0236. The number of hydrogen-bond donors (Lipinski definition) is 1. The molecule has 1 aliphatic heterocycles. The Bertz CT molecular complexity index is 447. The molecule has 0 radical (unpaired) electrons. The number of methoxy groups -OCH3 is 1. The first-order valence-corrected chi connectivity index (χ1v) is 5.89. The minimum atomic E-state index is -0.193. The van der Waals surface area contributed by atoms with Crippen LogP contribution in [0.1, 0.15) is 17.3 Å². The van der Waals surface area contributed by atoms with Crippen molar-refractivity contribution in [1.29, 1.82) is 0 Å². The number of amides is 1. The topological polar surface area (TPSA) is 59.0 Å². The molecule has 98 valence electrons. The number of rotatable bonds is 2. The Morgan fingerprint density at radius 2 is 2.33 bits per heavy atom. The van der Waals surface area contributed by atoms with Crippen molar-refractivity contribution in [2.75, 3.05) is 26.8 Å². The van der Waals surface area contributed by atoms with Crippen molar-refractivity contribution in [2.45, 2.75) is 13.0 Å². The first-order valence-electron chi connectivity index (χ1n) is 5.89. The van der Waals surface area contributed by atoms with Gasteiger partial charge in [0, 0.05) is 13.1 Å². The SMILES string of the molecule is COc1ccc(O)c(C(=O)N2CCOC(C)C2)c1. The molecule has 1 unspecified atom stereocenters. The van der Waals surface area contributed by atoms with E-state index in [0.717, 1.165) is 0 Å². The summed E-state index contributed by atoms with van der Waals surface area (Å²) in [7, 11) is 1.53. The molecule has 0 aliphatic carbocycles. The summed E-state index contributed by atoms with van der Waals surface area (Å²) in [4.78, 5) is 14.0. The Balaban J connectivity index is 2.22. The molecule has 1 fully saturated rings. The van der Waals surface area contributed by atoms with Crippen LogP contribution in [0.4, 0.5) is 0 Å². The van der Waals surface area contributed by atoms with Crippen molar-refractivity contribution in [2.24, 2.45) is 0 Å². The van der Waals surface area contributed by atoms with E-state index >= 15 is 0 Å². The average molecular weight is 251 g/mol. The maximum Gasteiger partial charge on any atom is 0.257 e. The van der Waals surface area contributed by atoms with Crippen LogP contribution in [0.5, 0.6) is 11.5 Å². The predicted octanol–water partition coefficient (Wildman–Crippen LogP) is 1.26. The lowest BCUT2D eigenvalue weighted by molar-refractivity contribution is -0.0125. The van der Waals surface area contributed by atoms with Gasteiger partial charge in [-0.15, -0.1) is 0 Å². The van der Waals surface area contributed by atoms with Crippen LogP contribution in [-0.2, 0) is 4.74 Å². The first kappa shape index (κ1) is 12.7. The van der Waals surface area contributed by atoms with Gasteiger partial charge < -0.3 is 19.5 Å². The fourth-order valence-electron chi connectivity index (χ4n) is 1.99. The van der Waals surface area contributed by atoms with E-state index in [0.29, 0.717) is 25.4 Å². The van der Waals surface area contributed by atoms with Crippen molar-refractivity contribution >= 4 is 5.91 Å². The molecule has 1 aromatic carbocycles. The Labute approximate surface area is 106 Å². The molecule has 1 amide bonds. The number of morpholine rings is 1. The average Bonchev–Trinajstić information content (AvgIpc) is 2.38. The summed E-state index contributed by atoms with van der Waals surface area (Å²) >= 11 is 0. The van der Waals surface area contributed by atoms with E-state index < -0.39 is 0 Å². The van der Waals surface area contributed by atoms with Crippen LogP contribution < -0.4 is 4.74 Å². The summed E-state index contributed by atoms with van der Waals surface area (Å²) in [6.07, 6.45) is 0.0236. The number of ether oxygens (including phenoxy) is 2. The van der Waals surface area contributed by atoms with Gasteiger partial charge in [0.1, 0.15) is 11.5 Å². The van der Waals surface area contributed by atoms with Gasteiger partial charge in [-0.25, -0.2) is 0 Å². The number of carbonyl (C=O) groups excluding carboxylic acids is 1. The van der Waals surface area contributed by atoms with E-state index in [1.54, 1.807) is 17.0 Å². The molecule has 1 atom stereocenters. The number of benzene rings is 1.